The van der Waals surface area contributed by atoms with E-state index in [0.717, 1.165) is 35.1 Å². The molecular formula is C38H42ClN5O6. The van der Waals surface area contributed by atoms with Crippen LogP contribution in [0.2, 0.25) is 5.02 Å². The van der Waals surface area contributed by atoms with E-state index in [2.05, 4.69) is 25.9 Å². The molecule has 11 nitrogen and oxygen atoms in total. The van der Waals surface area contributed by atoms with Crippen LogP contribution in [0.15, 0.2) is 82.0 Å². The lowest BCUT2D eigenvalue weighted by molar-refractivity contribution is -0.129. The van der Waals surface area contributed by atoms with Crippen LogP contribution in [0.1, 0.15) is 74.4 Å². The summed E-state index contributed by atoms with van der Waals surface area (Å²) in [6, 6.07) is 19.6. The second-order valence-corrected chi connectivity index (χ2v) is 14.2. The second-order valence-electron chi connectivity index (χ2n) is 13.8. The Morgan fingerprint density at radius 1 is 0.920 bits per heavy atom. The van der Waals surface area contributed by atoms with Crippen LogP contribution in [0.4, 0.5) is 10.5 Å². The third-order valence-corrected chi connectivity index (χ3v) is 9.20. The minimum atomic E-state index is -1.09. The Balaban J connectivity index is 1.24. The van der Waals surface area contributed by atoms with Gasteiger partial charge in [0.05, 0.1) is 10.6 Å². The number of nitrogens with one attached hydrogen (secondary N) is 2. The lowest BCUT2D eigenvalue weighted by Gasteiger charge is -2.29. The summed E-state index contributed by atoms with van der Waals surface area (Å²) in [6.07, 6.45) is 3.02. The summed E-state index contributed by atoms with van der Waals surface area (Å²) in [5.41, 5.74) is 3.35. The van der Waals surface area contributed by atoms with Gasteiger partial charge < -0.3 is 20.5 Å². The van der Waals surface area contributed by atoms with Gasteiger partial charge >= 0.3 is 12.1 Å². The van der Waals surface area contributed by atoms with Crippen LogP contribution in [0.3, 0.4) is 0 Å². The van der Waals surface area contributed by atoms with E-state index in [9.17, 15) is 24.3 Å². The third-order valence-electron chi connectivity index (χ3n) is 8.88. The maximum absolute atomic E-state index is 13.8. The maximum Gasteiger partial charge on any atom is 0.407 e. The quantitative estimate of drug-likeness (QED) is 0.174. The molecule has 3 aromatic carbocycles. The molecule has 0 aromatic heterocycles. The number of hydrogen-bond acceptors (Lipinski definition) is 8. The van der Waals surface area contributed by atoms with E-state index in [0.29, 0.717) is 44.0 Å². The number of carboxylic acid groups (broad SMARTS) is 1. The molecule has 0 radical (unpaired) electrons. The van der Waals surface area contributed by atoms with Crippen molar-refractivity contribution in [3.05, 3.63) is 88.4 Å². The first kappa shape index (κ1) is 36.4. The van der Waals surface area contributed by atoms with Gasteiger partial charge in [0.15, 0.2) is 12.5 Å². The van der Waals surface area contributed by atoms with E-state index >= 15 is 0 Å². The summed E-state index contributed by atoms with van der Waals surface area (Å²) >= 11 is 6.19. The van der Waals surface area contributed by atoms with Gasteiger partial charge in [0.2, 0.25) is 5.91 Å². The first-order valence-corrected chi connectivity index (χ1v) is 17.2. The first-order chi connectivity index (χ1) is 23.8. The SMILES string of the molecule is CC(C)(C)OC(=O)NCC1CCC(C(=O)C[C@@H](Cc2ccc(-c3ccc(C(=O)O)c(Cl)c3)cc2)C(=O)Nc2ccc(C3=NCN=N3)cc2)CC1. The van der Waals surface area contributed by atoms with Crippen LogP contribution < -0.4 is 10.6 Å². The fourth-order valence-corrected chi connectivity index (χ4v) is 6.47. The number of benzene rings is 3. The highest BCUT2D eigenvalue weighted by atomic mass is 35.5. The van der Waals surface area contributed by atoms with Crippen molar-refractivity contribution in [3.8, 4) is 11.1 Å². The van der Waals surface area contributed by atoms with Crippen molar-refractivity contribution in [1.82, 2.24) is 5.32 Å². The van der Waals surface area contributed by atoms with Gasteiger partial charge in [-0.2, -0.15) is 5.11 Å². The maximum atomic E-state index is 13.8. The molecule has 1 fully saturated rings. The van der Waals surface area contributed by atoms with E-state index in [4.69, 9.17) is 16.3 Å². The monoisotopic (exact) mass is 699 g/mol. The predicted octanol–water partition coefficient (Wildman–Crippen LogP) is 7.96. The summed E-state index contributed by atoms with van der Waals surface area (Å²) in [7, 11) is 0. The van der Waals surface area contributed by atoms with E-state index in [1.807, 2.05) is 57.2 Å². The van der Waals surface area contributed by atoms with Crippen molar-refractivity contribution in [1.29, 1.82) is 0 Å². The number of halogens is 1. The first-order valence-electron chi connectivity index (χ1n) is 16.8. The molecule has 0 bridgehead atoms. The molecule has 5 rings (SSSR count). The number of amides is 2. The van der Waals surface area contributed by atoms with Crippen LogP contribution in [0.25, 0.3) is 11.1 Å². The number of rotatable bonds is 12. The molecule has 3 aromatic rings. The molecular weight excluding hydrogens is 658 g/mol. The molecule has 2 amide bonds. The zero-order valence-corrected chi connectivity index (χ0v) is 29.2. The highest BCUT2D eigenvalue weighted by Crippen LogP contribution is 2.32. The van der Waals surface area contributed by atoms with Crippen molar-refractivity contribution in [2.45, 2.75) is 64.9 Å². The van der Waals surface area contributed by atoms with Gasteiger partial charge in [-0.05, 0) is 112 Å². The van der Waals surface area contributed by atoms with Crippen LogP contribution in [-0.4, -0.2) is 53.5 Å². The van der Waals surface area contributed by atoms with Gasteiger partial charge in [0.25, 0.3) is 0 Å². The molecule has 0 spiro atoms. The number of alkyl carbamates (subject to hydrolysis) is 1. The fraction of sp³-hybridized carbons (Fsp3) is 0.395. The van der Waals surface area contributed by atoms with Crippen molar-refractivity contribution in [3.63, 3.8) is 0 Å². The van der Waals surface area contributed by atoms with E-state index in [-0.39, 0.29) is 40.5 Å². The number of aromatic carboxylic acids is 1. The summed E-state index contributed by atoms with van der Waals surface area (Å²) in [5.74, 6) is -1.23. The Kier molecular flexibility index (Phi) is 11.8. The summed E-state index contributed by atoms with van der Waals surface area (Å²) in [5, 5.41) is 23.2. The number of hydrogen-bond donors (Lipinski definition) is 3. The Bertz CT molecular complexity index is 1770. The Morgan fingerprint density at radius 2 is 1.58 bits per heavy atom. The topological polar surface area (TPSA) is 159 Å². The van der Waals surface area contributed by atoms with Crippen molar-refractivity contribution in [2.75, 3.05) is 18.5 Å². The number of carbonyl (C=O) groups is 4. The van der Waals surface area contributed by atoms with E-state index in [1.165, 1.54) is 6.07 Å². The lowest BCUT2D eigenvalue weighted by atomic mass is 9.77. The van der Waals surface area contributed by atoms with E-state index < -0.39 is 23.6 Å². The fourth-order valence-electron chi connectivity index (χ4n) is 6.21. The highest BCUT2D eigenvalue weighted by Gasteiger charge is 2.31. The Morgan fingerprint density at radius 3 is 2.18 bits per heavy atom. The van der Waals surface area contributed by atoms with Crippen LogP contribution >= 0.6 is 11.6 Å². The third kappa shape index (κ3) is 10.1. The molecule has 262 valence electrons. The number of ketones is 1. The number of anilines is 1. The van der Waals surface area contributed by atoms with Crippen LogP contribution in [-0.2, 0) is 20.7 Å². The van der Waals surface area contributed by atoms with Crippen molar-refractivity contribution < 1.29 is 29.0 Å². The van der Waals surface area contributed by atoms with Gasteiger partial charge in [-0.15, -0.1) is 5.11 Å². The number of carbonyl (C=O) groups excluding carboxylic acids is 3. The second kappa shape index (κ2) is 16.2. The van der Waals surface area contributed by atoms with Gasteiger partial charge in [-0.1, -0.05) is 41.9 Å². The van der Waals surface area contributed by atoms with Gasteiger partial charge in [0.1, 0.15) is 11.4 Å². The summed E-state index contributed by atoms with van der Waals surface area (Å²) < 4.78 is 5.34. The molecule has 1 heterocycles. The number of carboxylic acids is 1. The average Bonchev–Trinajstić information content (AvgIpc) is 3.62. The van der Waals surface area contributed by atoms with E-state index in [1.54, 1.807) is 24.3 Å². The van der Waals surface area contributed by atoms with Crippen LogP contribution in [0, 0.1) is 17.8 Å². The summed E-state index contributed by atoms with van der Waals surface area (Å²) in [6.45, 7) is 6.27. The smallest absolute Gasteiger partial charge is 0.407 e. The standard InChI is InChI=1S/C38H42ClN5O6/c1-38(2,3)50-37(49)40-21-24-6-10-26(11-7-24)33(45)20-29(35(46)43-30-15-12-27(13-16-30)34-41-22-42-44-34)18-23-4-8-25(9-5-23)28-14-17-31(36(47)48)32(39)19-28/h4-5,8-9,12-17,19,24,26,29H,6-7,10-11,18,20-22H2,1-3H3,(H,40,49)(H,43,46)(H,47,48)/t24?,26?,29-/m1/s1. The Hall–Kier alpha value is -4.90. The zero-order chi connectivity index (χ0) is 35.8. The molecule has 1 aliphatic carbocycles. The molecule has 2 aliphatic rings. The van der Waals surface area contributed by atoms with Gasteiger partial charge in [-0.3, -0.25) is 9.59 Å². The number of aliphatic imine (C=N–C) groups is 1. The molecule has 1 saturated carbocycles. The zero-order valence-electron chi connectivity index (χ0n) is 28.4. The number of ether oxygens (including phenoxy) is 1. The van der Waals surface area contributed by atoms with Crippen LogP contribution in [0.5, 0.6) is 0 Å². The highest BCUT2D eigenvalue weighted by molar-refractivity contribution is 6.33. The molecule has 50 heavy (non-hydrogen) atoms. The van der Waals surface area contributed by atoms with Gasteiger partial charge in [0, 0.05) is 36.1 Å². The predicted molar refractivity (Wildman–Crippen MR) is 192 cm³/mol. The average molecular weight is 700 g/mol. The van der Waals surface area contributed by atoms with Gasteiger partial charge in [-0.25, -0.2) is 14.6 Å². The minimum absolute atomic E-state index is 0.0314. The number of nitrogens with zero attached hydrogens (tertiary/aromatic N) is 3. The molecule has 12 heteroatoms. The minimum Gasteiger partial charge on any atom is -0.478 e. The number of azo groups is 1. The molecule has 1 aliphatic heterocycles. The molecule has 0 saturated heterocycles. The number of amidine groups is 1. The Labute approximate surface area is 296 Å². The molecule has 3 N–H and O–H groups in total. The lowest BCUT2D eigenvalue weighted by Crippen LogP contribution is -2.37. The largest absolute Gasteiger partial charge is 0.478 e. The normalized spacial score (nSPS) is 17.8. The number of Topliss-reactive ketones (excluding diaryl/α,β-unsaturated/α-hetero) is 1. The molecule has 1 atom stereocenters. The summed E-state index contributed by atoms with van der Waals surface area (Å²) in [4.78, 5) is 55.1. The molecule has 0 unspecified atom stereocenters. The van der Waals surface area contributed by atoms with Crippen molar-refractivity contribution in [2.24, 2.45) is 33.0 Å². The van der Waals surface area contributed by atoms with Crippen molar-refractivity contribution >= 4 is 46.9 Å².